The second-order valence-electron chi connectivity index (χ2n) is 6.75. The average molecular weight is 378 g/mol. The molecule has 0 atom stereocenters. The minimum atomic E-state index is -4.34. The van der Waals surface area contributed by atoms with Gasteiger partial charge in [-0.3, -0.25) is 9.69 Å². The molecule has 0 bridgehead atoms. The Morgan fingerprint density at radius 1 is 1.11 bits per heavy atom. The minimum absolute atomic E-state index is 0.0211. The third-order valence-electron chi connectivity index (χ3n) is 4.78. The van der Waals surface area contributed by atoms with Crippen LogP contribution >= 0.6 is 0 Å². The van der Waals surface area contributed by atoms with Crippen LogP contribution in [0, 0.1) is 5.92 Å². The molecule has 1 saturated heterocycles. The molecule has 2 aromatic rings. The van der Waals surface area contributed by atoms with Crippen molar-refractivity contribution in [3.63, 3.8) is 0 Å². The summed E-state index contributed by atoms with van der Waals surface area (Å²) in [7, 11) is 0. The lowest BCUT2D eigenvalue weighted by molar-refractivity contribution is -0.137. The zero-order valence-electron chi connectivity index (χ0n) is 14.7. The number of anilines is 1. The van der Waals surface area contributed by atoms with E-state index in [4.69, 9.17) is 0 Å². The van der Waals surface area contributed by atoms with Crippen molar-refractivity contribution in [2.45, 2.75) is 25.6 Å². The van der Waals surface area contributed by atoms with Gasteiger partial charge in [0, 0.05) is 12.5 Å². The van der Waals surface area contributed by atoms with Crippen LogP contribution in [0.3, 0.4) is 0 Å². The highest BCUT2D eigenvalue weighted by Gasteiger charge is 2.31. The number of rotatable bonds is 4. The SMILES string of the molecule is O=C(Nc1ccccc1O)C1CCN(Cc2cccc(C(F)(F)F)c2)CC1. The molecule has 0 aromatic heterocycles. The van der Waals surface area contributed by atoms with Crippen molar-refractivity contribution < 1.29 is 23.1 Å². The molecule has 2 N–H and O–H groups in total. The molecule has 1 aliphatic heterocycles. The number of nitrogens with one attached hydrogen (secondary N) is 1. The van der Waals surface area contributed by atoms with Gasteiger partial charge in [0.15, 0.2) is 0 Å². The van der Waals surface area contributed by atoms with Crippen LogP contribution in [0.2, 0.25) is 0 Å². The smallest absolute Gasteiger partial charge is 0.416 e. The molecule has 1 heterocycles. The molecule has 7 heteroatoms. The highest BCUT2D eigenvalue weighted by Crippen LogP contribution is 2.30. The van der Waals surface area contributed by atoms with Crippen LogP contribution in [0.4, 0.5) is 18.9 Å². The summed E-state index contributed by atoms with van der Waals surface area (Å²) in [6, 6.07) is 11.9. The van der Waals surface area contributed by atoms with Gasteiger partial charge in [0.2, 0.25) is 5.91 Å². The normalized spacial score (nSPS) is 16.3. The number of hydrogen-bond donors (Lipinski definition) is 2. The number of likely N-dealkylation sites (tertiary alicyclic amines) is 1. The fourth-order valence-electron chi connectivity index (χ4n) is 3.27. The summed E-state index contributed by atoms with van der Waals surface area (Å²) in [4.78, 5) is 14.4. The van der Waals surface area contributed by atoms with Crippen LogP contribution in [0.1, 0.15) is 24.0 Å². The number of phenolic OH excluding ortho intramolecular Hbond substituents is 1. The van der Waals surface area contributed by atoms with Crippen molar-refractivity contribution in [2.75, 3.05) is 18.4 Å². The van der Waals surface area contributed by atoms with Crippen molar-refractivity contribution in [1.29, 1.82) is 0 Å². The Morgan fingerprint density at radius 3 is 2.48 bits per heavy atom. The number of carbonyl (C=O) groups is 1. The number of piperidine rings is 1. The number of hydrogen-bond acceptors (Lipinski definition) is 3. The molecule has 0 unspecified atom stereocenters. The largest absolute Gasteiger partial charge is 0.506 e. The van der Waals surface area contributed by atoms with E-state index in [0.29, 0.717) is 43.7 Å². The number of alkyl halides is 3. The van der Waals surface area contributed by atoms with E-state index in [2.05, 4.69) is 10.2 Å². The Hall–Kier alpha value is -2.54. The Bertz CT molecular complexity index is 800. The van der Waals surface area contributed by atoms with Crippen molar-refractivity contribution in [1.82, 2.24) is 4.90 Å². The molecule has 4 nitrogen and oxygen atoms in total. The lowest BCUT2D eigenvalue weighted by Gasteiger charge is -2.31. The molecule has 0 aliphatic carbocycles. The van der Waals surface area contributed by atoms with Crippen molar-refractivity contribution in [3.05, 3.63) is 59.7 Å². The van der Waals surface area contributed by atoms with Crippen LogP contribution in [0.25, 0.3) is 0 Å². The first-order chi connectivity index (χ1) is 12.8. The maximum atomic E-state index is 12.8. The fraction of sp³-hybridized carbons (Fsp3) is 0.350. The molecule has 3 rings (SSSR count). The van der Waals surface area contributed by atoms with Gasteiger partial charge in [-0.1, -0.05) is 30.3 Å². The third kappa shape index (κ3) is 5.01. The lowest BCUT2D eigenvalue weighted by atomic mass is 9.95. The molecule has 1 fully saturated rings. The van der Waals surface area contributed by atoms with Crippen LogP contribution in [-0.4, -0.2) is 29.0 Å². The molecule has 1 amide bonds. The summed E-state index contributed by atoms with van der Waals surface area (Å²) in [5, 5.41) is 12.5. The Kier molecular flexibility index (Phi) is 5.70. The second kappa shape index (κ2) is 8.00. The topological polar surface area (TPSA) is 52.6 Å². The monoisotopic (exact) mass is 378 g/mol. The van der Waals surface area contributed by atoms with E-state index in [9.17, 15) is 23.1 Å². The molecule has 0 saturated carbocycles. The predicted octanol–water partition coefficient (Wildman–Crippen LogP) is 4.26. The van der Waals surface area contributed by atoms with Gasteiger partial charge in [-0.05, 0) is 49.7 Å². The number of nitrogens with zero attached hydrogens (tertiary/aromatic N) is 1. The Balaban J connectivity index is 1.53. The van der Waals surface area contributed by atoms with E-state index >= 15 is 0 Å². The highest BCUT2D eigenvalue weighted by atomic mass is 19.4. The number of halogens is 3. The number of aromatic hydroxyl groups is 1. The summed E-state index contributed by atoms with van der Waals surface area (Å²) in [5.41, 5.74) is 0.354. The van der Waals surface area contributed by atoms with Crippen LogP contribution in [0.15, 0.2) is 48.5 Å². The minimum Gasteiger partial charge on any atom is -0.506 e. The van der Waals surface area contributed by atoms with Crippen LogP contribution < -0.4 is 5.32 Å². The lowest BCUT2D eigenvalue weighted by Crippen LogP contribution is -2.37. The second-order valence-corrected chi connectivity index (χ2v) is 6.75. The first-order valence-electron chi connectivity index (χ1n) is 8.80. The fourth-order valence-corrected chi connectivity index (χ4v) is 3.27. The van der Waals surface area contributed by atoms with E-state index in [-0.39, 0.29) is 17.6 Å². The van der Waals surface area contributed by atoms with Gasteiger partial charge < -0.3 is 10.4 Å². The molecule has 0 spiro atoms. The maximum absolute atomic E-state index is 12.8. The van der Waals surface area contributed by atoms with Crippen LogP contribution in [0.5, 0.6) is 5.75 Å². The molecule has 1 aliphatic rings. The summed E-state index contributed by atoms with van der Waals surface area (Å²) >= 11 is 0. The Morgan fingerprint density at radius 2 is 1.81 bits per heavy atom. The van der Waals surface area contributed by atoms with E-state index < -0.39 is 11.7 Å². The molecular formula is C20H21F3N2O2. The quantitative estimate of drug-likeness (QED) is 0.782. The van der Waals surface area contributed by atoms with Gasteiger partial charge >= 0.3 is 6.18 Å². The number of amides is 1. The number of phenols is 1. The summed E-state index contributed by atoms with van der Waals surface area (Å²) in [5.74, 6) is -0.301. The van der Waals surface area contributed by atoms with Crippen LogP contribution in [-0.2, 0) is 17.5 Å². The molecule has 144 valence electrons. The molecule has 2 aromatic carbocycles. The van der Waals surface area contributed by atoms with Crippen molar-refractivity contribution >= 4 is 11.6 Å². The van der Waals surface area contributed by atoms with Gasteiger partial charge in [0.05, 0.1) is 11.3 Å². The maximum Gasteiger partial charge on any atom is 0.416 e. The highest BCUT2D eigenvalue weighted by molar-refractivity contribution is 5.93. The summed E-state index contributed by atoms with van der Waals surface area (Å²) < 4.78 is 38.5. The van der Waals surface area contributed by atoms with E-state index in [1.807, 2.05) is 0 Å². The van der Waals surface area contributed by atoms with Crippen molar-refractivity contribution in [3.8, 4) is 5.75 Å². The standard InChI is InChI=1S/C20H21F3N2O2/c21-20(22,23)16-5-3-4-14(12-16)13-25-10-8-15(9-11-25)19(27)24-17-6-1-2-7-18(17)26/h1-7,12,15,26H,8-11,13H2,(H,24,27). The number of para-hydroxylation sites is 2. The third-order valence-corrected chi connectivity index (χ3v) is 4.78. The van der Waals surface area contributed by atoms with Gasteiger partial charge in [-0.15, -0.1) is 0 Å². The average Bonchev–Trinajstić information content (AvgIpc) is 2.64. The van der Waals surface area contributed by atoms with E-state index in [1.165, 1.54) is 18.2 Å². The number of carbonyl (C=O) groups excluding carboxylic acids is 1. The first kappa shape index (κ1) is 19.2. The van der Waals surface area contributed by atoms with E-state index in [0.717, 1.165) is 6.07 Å². The molecule has 27 heavy (non-hydrogen) atoms. The first-order valence-corrected chi connectivity index (χ1v) is 8.80. The van der Waals surface area contributed by atoms with E-state index in [1.54, 1.807) is 24.3 Å². The van der Waals surface area contributed by atoms with Gasteiger partial charge in [-0.2, -0.15) is 13.2 Å². The predicted molar refractivity (Wildman–Crippen MR) is 96.2 cm³/mol. The zero-order valence-corrected chi connectivity index (χ0v) is 14.7. The van der Waals surface area contributed by atoms with Crippen molar-refractivity contribution in [2.24, 2.45) is 5.92 Å². The zero-order chi connectivity index (χ0) is 19.4. The molecular weight excluding hydrogens is 357 g/mol. The Labute approximate surface area is 155 Å². The van der Waals surface area contributed by atoms with Gasteiger partial charge in [0.25, 0.3) is 0 Å². The van der Waals surface area contributed by atoms with Gasteiger partial charge in [0.1, 0.15) is 5.75 Å². The van der Waals surface area contributed by atoms with Gasteiger partial charge in [-0.25, -0.2) is 0 Å². The number of benzene rings is 2. The summed E-state index contributed by atoms with van der Waals surface area (Å²) in [6.45, 7) is 1.70. The molecule has 0 radical (unpaired) electrons. The summed E-state index contributed by atoms with van der Waals surface area (Å²) in [6.07, 6.45) is -3.10.